The molecule has 0 atom stereocenters. The van der Waals surface area contributed by atoms with E-state index in [2.05, 4.69) is 20.4 Å². The number of nitrogens with one attached hydrogen (secondary N) is 1. The van der Waals surface area contributed by atoms with Gasteiger partial charge in [-0.3, -0.25) is 4.79 Å². The molecule has 7 nitrogen and oxygen atoms in total. The van der Waals surface area contributed by atoms with E-state index in [0.29, 0.717) is 12.5 Å². The Kier molecular flexibility index (Phi) is 2.86. The van der Waals surface area contributed by atoms with Crippen molar-refractivity contribution in [1.29, 1.82) is 0 Å². The van der Waals surface area contributed by atoms with E-state index < -0.39 is 0 Å². The Morgan fingerprint density at radius 2 is 2.37 bits per heavy atom. The van der Waals surface area contributed by atoms with E-state index >= 15 is 0 Å². The average molecular weight is 259 g/mol. The van der Waals surface area contributed by atoms with Crippen molar-refractivity contribution in [3.05, 3.63) is 30.2 Å². The minimum atomic E-state index is -0.351. The largest absolute Gasteiger partial charge is 0.493 e. The molecule has 19 heavy (non-hydrogen) atoms. The lowest BCUT2D eigenvalue weighted by Crippen LogP contribution is -2.26. The topological polar surface area (TPSA) is 92.9 Å². The molecule has 0 radical (unpaired) electrons. The fourth-order valence-corrected chi connectivity index (χ4v) is 1.68. The molecule has 0 aliphatic heterocycles. The van der Waals surface area contributed by atoms with Crippen LogP contribution in [0.15, 0.2) is 24.7 Å². The third kappa shape index (κ3) is 2.54. The number of aromatic nitrogens is 4. The summed E-state index contributed by atoms with van der Waals surface area (Å²) in [7, 11) is 0. The highest BCUT2D eigenvalue weighted by atomic mass is 16.3. The summed E-state index contributed by atoms with van der Waals surface area (Å²) < 4.78 is 1.41. The Bertz CT molecular complexity index is 592. The van der Waals surface area contributed by atoms with Gasteiger partial charge >= 0.3 is 0 Å². The molecule has 0 saturated heterocycles. The zero-order valence-corrected chi connectivity index (χ0v) is 10.2. The van der Waals surface area contributed by atoms with Crippen LogP contribution in [0.5, 0.6) is 5.88 Å². The van der Waals surface area contributed by atoms with Crippen LogP contribution in [-0.2, 0) is 0 Å². The molecular formula is C12H13N5O2. The van der Waals surface area contributed by atoms with Gasteiger partial charge in [-0.15, -0.1) is 0 Å². The fourth-order valence-electron chi connectivity index (χ4n) is 1.68. The number of nitrogens with zero attached hydrogens (tertiary/aromatic N) is 4. The molecule has 1 aliphatic carbocycles. The monoisotopic (exact) mass is 259 g/mol. The summed E-state index contributed by atoms with van der Waals surface area (Å²) in [4.78, 5) is 19.7. The second kappa shape index (κ2) is 4.68. The lowest BCUT2D eigenvalue weighted by molar-refractivity contribution is 0.0948. The lowest BCUT2D eigenvalue weighted by Gasteiger charge is -2.06. The minimum Gasteiger partial charge on any atom is -0.493 e. The van der Waals surface area contributed by atoms with E-state index in [1.54, 1.807) is 18.5 Å². The first-order valence-electron chi connectivity index (χ1n) is 6.08. The molecule has 2 N–H and O–H groups in total. The van der Waals surface area contributed by atoms with Crippen molar-refractivity contribution < 1.29 is 9.90 Å². The summed E-state index contributed by atoms with van der Waals surface area (Å²) >= 11 is 0. The molecule has 7 heteroatoms. The summed E-state index contributed by atoms with van der Waals surface area (Å²) in [6.45, 7) is 0.638. The summed E-state index contributed by atoms with van der Waals surface area (Å²) in [6.07, 6.45) is 6.85. The number of aromatic hydroxyl groups is 1. The van der Waals surface area contributed by atoms with Crippen molar-refractivity contribution in [3.8, 4) is 11.8 Å². The number of hydrogen-bond donors (Lipinski definition) is 2. The molecule has 0 spiro atoms. The third-order valence-electron chi connectivity index (χ3n) is 2.96. The molecule has 0 bridgehead atoms. The second-order valence-corrected chi connectivity index (χ2v) is 4.51. The molecule has 2 heterocycles. The van der Waals surface area contributed by atoms with Crippen molar-refractivity contribution in [1.82, 2.24) is 25.1 Å². The highest BCUT2D eigenvalue weighted by molar-refractivity contribution is 5.95. The summed E-state index contributed by atoms with van der Waals surface area (Å²) in [5.74, 6) is 0.113. The molecule has 0 unspecified atom stereocenters. The van der Waals surface area contributed by atoms with Gasteiger partial charge < -0.3 is 10.4 Å². The van der Waals surface area contributed by atoms with E-state index in [9.17, 15) is 9.90 Å². The lowest BCUT2D eigenvalue weighted by atomic mass is 10.3. The van der Waals surface area contributed by atoms with Gasteiger partial charge in [0.25, 0.3) is 11.9 Å². The molecule has 1 amide bonds. The molecule has 1 fully saturated rings. The van der Waals surface area contributed by atoms with Crippen molar-refractivity contribution in [2.45, 2.75) is 12.8 Å². The minimum absolute atomic E-state index is 0.0801. The van der Waals surface area contributed by atoms with Crippen LogP contribution in [0.3, 0.4) is 0 Å². The van der Waals surface area contributed by atoms with Crippen molar-refractivity contribution in [3.63, 3.8) is 0 Å². The fraction of sp³-hybridized carbons (Fsp3) is 0.333. The number of carbonyl (C=O) groups is 1. The van der Waals surface area contributed by atoms with Gasteiger partial charge in [-0.05, 0) is 24.8 Å². The molecule has 1 saturated carbocycles. The van der Waals surface area contributed by atoms with E-state index in [1.165, 1.54) is 10.9 Å². The predicted octanol–water partition coefficient (Wildman–Crippen LogP) is 0.508. The van der Waals surface area contributed by atoms with Gasteiger partial charge in [-0.25, -0.2) is 9.67 Å². The van der Waals surface area contributed by atoms with Gasteiger partial charge in [0.15, 0.2) is 0 Å². The smallest absolute Gasteiger partial charge is 0.258 e. The highest BCUT2D eigenvalue weighted by Crippen LogP contribution is 2.27. The van der Waals surface area contributed by atoms with Crippen molar-refractivity contribution in [2.75, 3.05) is 6.54 Å². The molecule has 1 aliphatic rings. The van der Waals surface area contributed by atoms with Gasteiger partial charge in [0.2, 0.25) is 5.88 Å². The zero-order chi connectivity index (χ0) is 13.2. The SMILES string of the molecule is O=C(NCC1CC1)c1cnc(-n2cccn2)nc1O. The summed E-state index contributed by atoms with van der Waals surface area (Å²) in [5, 5.41) is 16.5. The average Bonchev–Trinajstić information content (AvgIpc) is 3.07. The highest BCUT2D eigenvalue weighted by Gasteiger charge is 2.23. The number of hydrogen-bond acceptors (Lipinski definition) is 5. The zero-order valence-electron chi connectivity index (χ0n) is 10.2. The van der Waals surface area contributed by atoms with Gasteiger partial charge in [-0.1, -0.05) is 0 Å². The Morgan fingerprint density at radius 1 is 1.53 bits per heavy atom. The third-order valence-corrected chi connectivity index (χ3v) is 2.96. The number of amides is 1. The number of rotatable bonds is 4. The van der Waals surface area contributed by atoms with Crippen LogP contribution < -0.4 is 5.32 Å². The van der Waals surface area contributed by atoms with Crippen LogP contribution in [-0.4, -0.2) is 37.3 Å². The van der Waals surface area contributed by atoms with Gasteiger partial charge in [0, 0.05) is 25.1 Å². The Hall–Kier alpha value is -2.44. The first-order chi connectivity index (χ1) is 9.24. The quantitative estimate of drug-likeness (QED) is 0.834. The van der Waals surface area contributed by atoms with Crippen molar-refractivity contribution in [2.24, 2.45) is 5.92 Å². The van der Waals surface area contributed by atoms with E-state index in [1.807, 2.05) is 0 Å². The maximum absolute atomic E-state index is 11.8. The van der Waals surface area contributed by atoms with Crippen LogP contribution in [0, 0.1) is 5.92 Å². The Balaban J connectivity index is 1.77. The molecule has 2 aromatic rings. The van der Waals surface area contributed by atoms with Gasteiger partial charge in [-0.2, -0.15) is 10.1 Å². The van der Waals surface area contributed by atoms with E-state index in [-0.39, 0.29) is 23.3 Å². The van der Waals surface area contributed by atoms with Crippen LogP contribution in [0.1, 0.15) is 23.2 Å². The maximum atomic E-state index is 11.8. The summed E-state index contributed by atoms with van der Waals surface area (Å²) in [6, 6.07) is 1.72. The van der Waals surface area contributed by atoms with Gasteiger partial charge in [0.05, 0.1) is 0 Å². The van der Waals surface area contributed by atoms with Crippen LogP contribution in [0.4, 0.5) is 0 Å². The Morgan fingerprint density at radius 3 is 3.00 bits per heavy atom. The van der Waals surface area contributed by atoms with Crippen LogP contribution in [0.2, 0.25) is 0 Å². The second-order valence-electron chi connectivity index (χ2n) is 4.51. The maximum Gasteiger partial charge on any atom is 0.258 e. The molecule has 3 rings (SSSR count). The first-order valence-corrected chi connectivity index (χ1v) is 6.08. The van der Waals surface area contributed by atoms with Crippen LogP contribution >= 0.6 is 0 Å². The van der Waals surface area contributed by atoms with Crippen molar-refractivity contribution >= 4 is 5.91 Å². The number of carbonyl (C=O) groups excluding carboxylic acids is 1. The van der Waals surface area contributed by atoms with Crippen LogP contribution in [0.25, 0.3) is 5.95 Å². The Labute approximate surface area is 109 Å². The van der Waals surface area contributed by atoms with E-state index in [0.717, 1.165) is 12.8 Å². The first kappa shape index (κ1) is 11.6. The molecular weight excluding hydrogens is 246 g/mol. The standard InChI is InChI=1S/C12H13N5O2/c18-10(13-6-8-2-3-8)9-7-14-12(16-11(9)19)17-5-1-4-15-17/h1,4-5,7-8H,2-3,6H2,(H,13,18)(H,14,16,19). The normalized spacial score (nSPS) is 14.3. The molecule has 0 aromatic carbocycles. The van der Waals surface area contributed by atoms with E-state index in [4.69, 9.17) is 0 Å². The van der Waals surface area contributed by atoms with Gasteiger partial charge in [0.1, 0.15) is 5.56 Å². The predicted molar refractivity (Wildman–Crippen MR) is 65.9 cm³/mol. The molecule has 98 valence electrons. The summed E-state index contributed by atoms with van der Waals surface area (Å²) in [5.41, 5.74) is 0.0801. The molecule has 2 aromatic heterocycles.